The first-order chi connectivity index (χ1) is 8.54. The van der Waals surface area contributed by atoms with Crippen LogP contribution in [0.15, 0.2) is 0 Å². The molecule has 2 N–H and O–H groups in total. The van der Waals surface area contributed by atoms with Gasteiger partial charge in [0.05, 0.1) is 5.69 Å². The number of aromatic nitrogens is 2. The van der Waals surface area contributed by atoms with Crippen molar-refractivity contribution >= 4 is 5.82 Å². The molecular weight excluding hydrogens is 224 g/mol. The van der Waals surface area contributed by atoms with E-state index in [-0.39, 0.29) is 0 Å². The summed E-state index contributed by atoms with van der Waals surface area (Å²) in [7, 11) is 0. The highest BCUT2D eigenvalue weighted by atomic mass is 15.3. The Morgan fingerprint density at radius 1 is 1.33 bits per heavy atom. The fourth-order valence-corrected chi connectivity index (χ4v) is 2.67. The van der Waals surface area contributed by atoms with Crippen LogP contribution in [0.5, 0.6) is 0 Å². The van der Waals surface area contributed by atoms with E-state index < -0.39 is 0 Å². The summed E-state index contributed by atoms with van der Waals surface area (Å²) in [4.78, 5) is 2.35. The fourth-order valence-electron chi connectivity index (χ4n) is 2.67. The van der Waals surface area contributed by atoms with Gasteiger partial charge in [-0.2, -0.15) is 5.10 Å². The van der Waals surface area contributed by atoms with Gasteiger partial charge in [-0.3, -0.25) is 0 Å². The lowest BCUT2D eigenvalue weighted by atomic mass is 9.95. The minimum absolute atomic E-state index is 0.542. The molecule has 0 saturated carbocycles. The van der Waals surface area contributed by atoms with Gasteiger partial charge in [0.2, 0.25) is 0 Å². The first-order valence-electron chi connectivity index (χ1n) is 6.82. The number of aryl methyl sites for hydroxylation is 1. The van der Waals surface area contributed by atoms with Crippen LogP contribution in [0.2, 0.25) is 0 Å². The lowest BCUT2D eigenvalue weighted by Crippen LogP contribution is -2.25. The lowest BCUT2D eigenvalue weighted by Gasteiger charge is -2.22. The second kappa shape index (κ2) is 5.22. The quantitative estimate of drug-likeness (QED) is 0.889. The van der Waals surface area contributed by atoms with Crippen LogP contribution in [-0.2, 0) is 6.54 Å². The van der Waals surface area contributed by atoms with Crippen LogP contribution in [-0.4, -0.2) is 23.3 Å². The first kappa shape index (κ1) is 13.3. The lowest BCUT2D eigenvalue weighted by molar-refractivity contribution is 0.422. The third-order valence-corrected chi connectivity index (χ3v) is 4.23. The Bertz CT molecular complexity index is 428. The third-order valence-electron chi connectivity index (χ3n) is 4.23. The van der Waals surface area contributed by atoms with E-state index in [4.69, 9.17) is 5.73 Å². The predicted octanol–water partition coefficient (Wildman–Crippen LogP) is 2.03. The molecule has 1 fully saturated rings. The van der Waals surface area contributed by atoms with Crippen molar-refractivity contribution in [2.75, 3.05) is 18.0 Å². The SMILES string of the molecule is Cc1nnc(N2CCC(C(C)C)C2)c(CN)c1C. The van der Waals surface area contributed by atoms with Gasteiger partial charge >= 0.3 is 0 Å². The van der Waals surface area contributed by atoms with Crippen molar-refractivity contribution in [2.45, 2.75) is 40.7 Å². The highest BCUT2D eigenvalue weighted by Gasteiger charge is 2.27. The molecule has 0 bridgehead atoms. The zero-order valence-corrected chi connectivity index (χ0v) is 11.9. The van der Waals surface area contributed by atoms with E-state index in [0.29, 0.717) is 6.54 Å². The van der Waals surface area contributed by atoms with Crippen molar-refractivity contribution < 1.29 is 0 Å². The minimum atomic E-state index is 0.542. The van der Waals surface area contributed by atoms with Gasteiger partial charge in [0.25, 0.3) is 0 Å². The van der Waals surface area contributed by atoms with Crippen molar-refractivity contribution in [1.82, 2.24) is 10.2 Å². The molecule has 2 rings (SSSR count). The number of nitrogens with two attached hydrogens (primary N) is 1. The van der Waals surface area contributed by atoms with Crippen molar-refractivity contribution in [3.05, 3.63) is 16.8 Å². The molecule has 100 valence electrons. The topological polar surface area (TPSA) is 55.0 Å². The van der Waals surface area contributed by atoms with E-state index in [2.05, 4.69) is 35.9 Å². The molecule has 18 heavy (non-hydrogen) atoms. The highest BCUT2D eigenvalue weighted by molar-refractivity contribution is 5.51. The Kier molecular flexibility index (Phi) is 3.85. The smallest absolute Gasteiger partial charge is 0.156 e. The molecule has 0 amide bonds. The van der Waals surface area contributed by atoms with Crippen molar-refractivity contribution in [3.8, 4) is 0 Å². The van der Waals surface area contributed by atoms with Gasteiger partial charge in [-0.25, -0.2) is 0 Å². The Labute approximate surface area is 110 Å². The summed E-state index contributed by atoms with van der Waals surface area (Å²) < 4.78 is 0. The van der Waals surface area contributed by atoms with E-state index in [1.807, 2.05) is 6.92 Å². The summed E-state index contributed by atoms with van der Waals surface area (Å²) >= 11 is 0. The van der Waals surface area contributed by atoms with Gasteiger partial charge in [-0.1, -0.05) is 13.8 Å². The standard InChI is InChI=1S/C14H24N4/c1-9(2)12-5-6-18(8-12)14-13(7-15)10(3)11(4)16-17-14/h9,12H,5-8,15H2,1-4H3. The number of hydrogen-bond acceptors (Lipinski definition) is 4. The van der Waals surface area contributed by atoms with Crippen LogP contribution < -0.4 is 10.6 Å². The molecule has 1 aromatic rings. The normalized spacial score (nSPS) is 19.9. The maximum atomic E-state index is 5.89. The van der Waals surface area contributed by atoms with Gasteiger partial charge in [0, 0.05) is 25.2 Å². The molecule has 1 atom stereocenters. The zero-order chi connectivity index (χ0) is 13.3. The van der Waals surface area contributed by atoms with Gasteiger partial charge in [-0.15, -0.1) is 5.10 Å². The first-order valence-corrected chi connectivity index (χ1v) is 6.82. The van der Waals surface area contributed by atoms with Crippen LogP contribution >= 0.6 is 0 Å². The molecule has 0 radical (unpaired) electrons. The number of rotatable bonds is 3. The van der Waals surface area contributed by atoms with Crippen molar-refractivity contribution in [2.24, 2.45) is 17.6 Å². The molecule has 1 unspecified atom stereocenters. The summed E-state index contributed by atoms with van der Waals surface area (Å²) in [6.45, 7) is 11.4. The maximum Gasteiger partial charge on any atom is 0.156 e. The van der Waals surface area contributed by atoms with Crippen LogP contribution in [0.4, 0.5) is 5.82 Å². The van der Waals surface area contributed by atoms with Gasteiger partial charge < -0.3 is 10.6 Å². The Morgan fingerprint density at radius 2 is 2.06 bits per heavy atom. The Morgan fingerprint density at radius 3 is 2.61 bits per heavy atom. The fraction of sp³-hybridized carbons (Fsp3) is 0.714. The molecule has 2 heterocycles. The van der Waals surface area contributed by atoms with Crippen LogP contribution in [0, 0.1) is 25.7 Å². The molecule has 0 aromatic carbocycles. The van der Waals surface area contributed by atoms with Crippen molar-refractivity contribution in [3.63, 3.8) is 0 Å². The average Bonchev–Trinajstić information content (AvgIpc) is 2.82. The van der Waals surface area contributed by atoms with Gasteiger partial charge in [-0.05, 0) is 37.7 Å². The van der Waals surface area contributed by atoms with Crippen LogP contribution in [0.25, 0.3) is 0 Å². The molecule has 1 aliphatic rings. The third kappa shape index (κ3) is 2.34. The number of nitrogens with zero attached hydrogens (tertiary/aromatic N) is 3. The highest BCUT2D eigenvalue weighted by Crippen LogP contribution is 2.30. The largest absolute Gasteiger partial charge is 0.355 e. The molecule has 0 aliphatic carbocycles. The molecule has 4 heteroatoms. The number of anilines is 1. The Balaban J connectivity index is 2.27. The van der Waals surface area contributed by atoms with Gasteiger partial charge in [0.1, 0.15) is 0 Å². The van der Waals surface area contributed by atoms with E-state index in [1.54, 1.807) is 0 Å². The summed E-state index contributed by atoms with van der Waals surface area (Å²) in [5.74, 6) is 2.50. The van der Waals surface area contributed by atoms with Crippen LogP contribution in [0.3, 0.4) is 0 Å². The van der Waals surface area contributed by atoms with E-state index in [0.717, 1.165) is 42.0 Å². The molecular formula is C14H24N4. The van der Waals surface area contributed by atoms with Crippen LogP contribution in [0.1, 0.15) is 37.1 Å². The maximum absolute atomic E-state index is 5.89. The van der Waals surface area contributed by atoms with Crippen molar-refractivity contribution in [1.29, 1.82) is 0 Å². The molecule has 4 nitrogen and oxygen atoms in total. The number of hydrogen-bond donors (Lipinski definition) is 1. The average molecular weight is 248 g/mol. The summed E-state index contributed by atoms with van der Waals surface area (Å²) in [6.07, 6.45) is 1.25. The van der Waals surface area contributed by atoms with E-state index >= 15 is 0 Å². The van der Waals surface area contributed by atoms with E-state index in [1.165, 1.54) is 12.0 Å². The molecule has 1 saturated heterocycles. The Hall–Kier alpha value is -1.16. The summed E-state index contributed by atoms with van der Waals surface area (Å²) in [5, 5.41) is 8.64. The minimum Gasteiger partial charge on any atom is -0.355 e. The summed E-state index contributed by atoms with van der Waals surface area (Å²) in [5.41, 5.74) is 9.22. The molecule has 0 spiro atoms. The monoisotopic (exact) mass is 248 g/mol. The van der Waals surface area contributed by atoms with E-state index in [9.17, 15) is 0 Å². The second-order valence-electron chi connectivity index (χ2n) is 5.66. The predicted molar refractivity (Wildman–Crippen MR) is 74.6 cm³/mol. The second-order valence-corrected chi connectivity index (χ2v) is 5.66. The van der Waals surface area contributed by atoms with Gasteiger partial charge in [0.15, 0.2) is 5.82 Å². The molecule has 1 aliphatic heterocycles. The molecule has 1 aromatic heterocycles. The summed E-state index contributed by atoms with van der Waals surface area (Å²) in [6, 6.07) is 0. The zero-order valence-electron chi connectivity index (χ0n) is 11.9.